The number of ether oxygens (including phenoxy) is 1. The smallest absolute Gasteiger partial charge is 0.165 e. The van der Waals surface area contributed by atoms with Gasteiger partial charge in [-0.25, -0.2) is 14.4 Å². The number of rotatable bonds is 4. The number of fused-ring (bicyclic) bond motifs is 1. The molecule has 0 amide bonds. The quantitative estimate of drug-likeness (QED) is 0.319. The van der Waals surface area contributed by atoms with E-state index in [4.69, 9.17) is 33.7 Å². The summed E-state index contributed by atoms with van der Waals surface area (Å²) in [7, 11) is 1.85. The van der Waals surface area contributed by atoms with Gasteiger partial charge in [0, 0.05) is 29.8 Å². The van der Waals surface area contributed by atoms with E-state index < -0.39 is 5.82 Å². The highest BCUT2D eigenvalue weighted by molar-refractivity contribution is 8.93. The van der Waals surface area contributed by atoms with Crippen molar-refractivity contribution in [1.29, 1.82) is 0 Å². The van der Waals surface area contributed by atoms with Crippen LogP contribution in [-0.4, -0.2) is 38.9 Å². The molecular formula is C23H22BrCl2FN6O. The van der Waals surface area contributed by atoms with E-state index in [-0.39, 0.29) is 50.3 Å². The maximum absolute atomic E-state index is 14.8. The zero-order valence-electron chi connectivity index (χ0n) is 18.2. The minimum atomic E-state index is -0.693. The third kappa shape index (κ3) is 4.70. The Morgan fingerprint density at radius 1 is 1.15 bits per heavy atom. The zero-order valence-corrected chi connectivity index (χ0v) is 21.4. The van der Waals surface area contributed by atoms with Crippen molar-refractivity contribution in [2.75, 3.05) is 18.8 Å². The van der Waals surface area contributed by atoms with Crippen molar-refractivity contribution in [2.24, 2.45) is 7.05 Å². The number of nitrogens with two attached hydrogens (primary N) is 1. The molecule has 0 spiro atoms. The van der Waals surface area contributed by atoms with Gasteiger partial charge in [0.05, 0.1) is 27.3 Å². The Morgan fingerprint density at radius 2 is 1.91 bits per heavy atom. The van der Waals surface area contributed by atoms with Gasteiger partial charge in [-0.3, -0.25) is 4.68 Å². The summed E-state index contributed by atoms with van der Waals surface area (Å²) in [5.74, 6) is 0.334. The van der Waals surface area contributed by atoms with E-state index in [9.17, 15) is 4.39 Å². The maximum atomic E-state index is 14.8. The minimum absolute atomic E-state index is 0. The second kappa shape index (κ2) is 10.0. The molecule has 1 fully saturated rings. The van der Waals surface area contributed by atoms with Crippen molar-refractivity contribution in [3.63, 3.8) is 0 Å². The van der Waals surface area contributed by atoms with Gasteiger partial charge >= 0.3 is 0 Å². The number of hydrogen-bond acceptors (Lipinski definition) is 6. The van der Waals surface area contributed by atoms with E-state index in [0.717, 1.165) is 37.1 Å². The summed E-state index contributed by atoms with van der Waals surface area (Å²) in [6.07, 6.45) is 5.57. The van der Waals surface area contributed by atoms with Crippen LogP contribution in [0.4, 0.5) is 10.2 Å². The van der Waals surface area contributed by atoms with Crippen LogP contribution in [0.3, 0.4) is 0 Å². The van der Waals surface area contributed by atoms with Crippen LogP contribution in [0.2, 0.25) is 10.0 Å². The molecule has 2 aromatic carbocycles. The third-order valence-electron chi connectivity index (χ3n) is 5.70. The first kappa shape index (κ1) is 24.7. The number of aryl methyl sites for hydroxylation is 1. The summed E-state index contributed by atoms with van der Waals surface area (Å²) in [5, 5.41) is 8.19. The fourth-order valence-electron chi connectivity index (χ4n) is 3.97. The largest absolute Gasteiger partial charge is 0.490 e. The molecule has 5 rings (SSSR count). The number of nitrogens with one attached hydrogen (secondary N) is 1. The fraction of sp³-hybridized carbons (Fsp3) is 0.261. The van der Waals surface area contributed by atoms with Gasteiger partial charge in [0.15, 0.2) is 11.6 Å². The first-order valence-electron chi connectivity index (χ1n) is 10.5. The van der Waals surface area contributed by atoms with Gasteiger partial charge in [0.1, 0.15) is 17.7 Å². The summed E-state index contributed by atoms with van der Waals surface area (Å²) in [5.41, 5.74) is 8.67. The van der Waals surface area contributed by atoms with E-state index in [2.05, 4.69) is 20.4 Å². The van der Waals surface area contributed by atoms with Gasteiger partial charge in [-0.1, -0.05) is 23.2 Å². The van der Waals surface area contributed by atoms with Gasteiger partial charge in [-0.05, 0) is 50.2 Å². The highest BCUT2D eigenvalue weighted by Crippen LogP contribution is 2.38. The second-order valence-corrected chi connectivity index (χ2v) is 8.78. The zero-order chi connectivity index (χ0) is 23.1. The predicted octanol–water partition coefficient (Wildman–Crippen LogP) is 5.43. The SMILES string of the molecule is Br.Cn1cc(-c2cc3nc(-c4ccc(Cl)c(Cl)c4F)nc(N)c3cc2OC2CCNCC2)cn1. The van der Waals surface area contributed by atoms with Crippen LogP contribution in [-0.2, 0) is 7.05 Å². The van der Waals surface area contributed by atoms with Crippen molar-refractivity contribution in [3.8, 4) is 28.3 Å². The van der Waals surface area contributed by atoms with Gasteiger partial charge < -0.3 is 15.8 Å². The molecule has 0 bridgehead atoms. The lowest BCUT2D eigenvalue weighted by Gasteiger charge is -2.25. The Bertz CT molecular complexity index is 1360. The Hall–Kier alpha value is -2.46. The monoisotopic (exact) mass is 566 g/mol. The topological polar surface area (TPSA) is 90.9 Å². The first-order valence-corrected chi connectivity index (χ1v) is 11.3. The molecule has 0 saturated carbocycles. The van der Waals surface area contributed by atoms with Crippen LogP contribution in [0.25, 0.3) is 33.4 Å². The van der Waals surface area contributed by atoms with Crippen LogP contribution >= 0.6 is 40.2 Å². The van der Waals surface area contributed by atoms with Gasteiger partial charge in [-0.2, -0.15) is 5.10 Å². The summed E-state index contributed by atoms with van der Waals surface area (Å²) in [4.78, 5) is 8.93. The lowest BCUT2D eigenvalue weighted by Crippen LogP contribution is -2.34. The summed E-state index contributed by atoms with van der Waals surface area (Å²) in [6.45, 7) is 1.81. The third-order valence-corrected chi connectivity index (χ3v) is 6.48. The van der Waals surface area contributed by atoms with Crippen molar-refractivity contribution in [3.05, 3.63) is 52.5 Å². The standard InChI is InChI=1S/C23H21Cl2FN6O.BrH/c1-32-11-12(10-29-32)15-8-18-16(9-19(15)33-13-4-6-28-7-5-13)22(27)31-23(30-18)14-2-3-17(24)20(25)21(14)26;/h2-3,8-11,13,28H,4-7H2,1H3,(H2,27,30,31);1H. The molecule has 0 radical (unpaired) electrons. The van der Waals surface area contributed by atoms with Crippen LogP contribution in [0.15, 0.2) is 36.7 Å². The van der Waals surface area contributed by atoms with E-state index in [0.29, 0.717) is 16.7 Å². The van der Waals surface area contributed by atoms with E-state index in [1.807, 2.05) is 25.4 Å². The molecule has 1 aliphatic rings. The molecule has 2 aromatic heterocycles. The van der Waals surface area contributed by atoms with Crippen LogP contribution in [0.1, 0.15) is 12.8 Å². The highest BCUT2D eigenvalue weighted by Gasteiger charge is 2.21. The number of anilines is 1. The van der Waals surface area contributed by atoms with Gasteiger partial charge in [0.2, 0.25) is 0 Å². The fourth-order valence-corrected chi connectivity index (χ4v) is 4.29. The molecule has 11 heteroatoms. The summed E-state index contributed by atoms with van der Waals surface area (Å²) in [6, 6.07) is 6.72. The highest BCUT2D eigenvalue weighted by atomic mass is 79.9. The molecule has 34 heavy (non-hydrogen) atoms. The predicted molar refractivity (Wildman–Crippen MR) is 138 cm³/mol. The first-order chi connectivity index (χ1) is 15.9. The molecule has 1 aliphatic heterocycles. The average molecular weight is 568 g/mol. The Labute approximate surface area is 216 Å². The number of nitrogens with zero attached hydrogens (tertiary/aromatic N) is 4. The Balaban J connectivity index is 0.00000274. The van der Waals surface area contributed by atoms with E-state index >= 15 is 0 Å². The summed E-state index contributed by atoms with van der Waals surface area (Å²) >= 11 is 11.9. The Kier molecular flexibility index (Phi) is 7.28. The molecule has 3 heterocycles. The van der Waals surface area contributed by atoms with Gasteiger partial charge in [0.25, 0.3) is 0 Å². The Morgan fingerprint density at radius 3 is 2.62 bits per heavy atom. The number of nitrogen functional groups attached to an aromatic ring is 1. The number of halogens is 4. The maximum Gasteiger partial charge on any atom is 0.165 e. The lowest BCUT2D eigenvalue weighted by atomic mass is 10.0. The van der Waals surface area contributed by atoms with Crippen molar-refractivity contribution in [1.82, 2.24) is 25.1 Å². The lowest BCUT2D eigenvalue weighted by molar-refractivity contribution is 0.163. The number of aromatic nitrogens is 4. The van der Waals surface area contributed by atoms with E-state index in [1.54, 1.807) is 10.9 Å². The second-order valence-electron chi connectivity index (χ2n) is 7.99. The average Bonchev–Trinajstić information content (AvgIpc) is 3.24. The molecule has 1 saturated heterocycles. The molecule has 178 valence electrons. The molecular weight excluding hydrogens is 546 g/mol. The van der Waals surface area contributed by atoms with Crippen molar-refractivity contribution >= 4 is 56.9 Å². The minimum Gasteiger partial charge on any atom is -0.490 e. The molecule has 0 aliphatic carbocycles. The van der Waals surface area contributed by atoms with Crippen LogP contribution in [0, 0.1) is 5.82 Å². The summed E-state index contributed by atoms with van der Waals surface area (Å²) < 4.78 is 22.9. The molecule has 0 atom stereocenters. The van der Waals surface area contributed by atoms with Gasteiger partial charge in [-0.15, -0.1) is 17.0 Å². The van der Waals surface area contributed by atoms with Crippen LogP contribution in [0.5, 0.6) is 5.75 Å². The molecule has 0 unspecified atom stereocenters. The number of hydrogen-bond donors (Lipinski definition) is 2. The molecule has 3 N–H and O–H groups in total. The molecule has 4 aromatic rings. The van der Waals surface area contributed by atoms with Crippen molar-refractivity contribution < 1.29 is 9.13 Å². The van der Waals surface area contributed by atoms with E-state index in [1.165, 1.54) is 12.1 Å². The van der Waals surface area contributed by atoms with Crippen molar-refractivity contribution in [2.45, 2.75) is 18.9 Å². The van der Waals surface area contributed by atoms with Crippen LogP contribution < -0.4 is 15.8 Å². The molecule has 7 nitrogen and oxygen atoms in total. The number of piperidine rings is 1. The normalized spacial score (nSPS) is 14.2. The number of benzene rings is 2.